The molecule has 1 amide bonds. The fraction of sp³-hybridized carbons (Fsp3) is 0.312. The summed E-state index contributed by atoms with van der Waals surface area (Å²) >= 11 is 0. The summed E-state index contributed by atoms with van der Waals surface area (Å²) in [6.07, 6.45) is 3.79. The maximum Gasteiger partial charge on any atom is 0.310 e. The maximum atomic E-state index is 12.1. The average Bonchev–Trinajstić information content (AvgIpc) is 2.42. The molecule has 1 heterocycles. The minimum absolute atomic E-state index is 0.0351. The van der Waals surface area contributed by atoms with E-state index in [2.05, 4.69) is 10.3 Å². The number of carbonyl (C=O) groups excluding carboxylic acids is 1. The number of anilines is 1. The summed E-state index contributed by atoms with van der Waals surface area (Å²) in [5.74, 6) is -1.12. The third kappa shape index (κ3) is 2.59. The van der Waals surface area contributed by atoms with E-state index in [0.717, 1.165) is 17.3 Å². The molecule has 5 heteroatoms. The van der Waals surface area contributed by atoms with Crippen molar-refractivity contribution in [1.29, 1.82) is 0 Å². The molecule has 5 nitrogen and oxygen atoms in total. The SMILES string of the molecule is O=C(CC1(C(=O)O)CCC1)Nc1ccc2ncccc2c1. The second kappa shape index (κ2) is 5.16. The molecule has 0 aliphatic heterocycles. The maximum absolute atomic E-state index is 12.1. The van der Waals surface area contributed by atoms with Crippen molar-refractivity contribution in [2.75, 3.05) is 5.32 Å². The van der Waals surface area contributed by atoms with E-state index in [9.17, 15) is 14.7 Å². The normalized spacial score (nSPS) is 16.2. The van der Waals surface area contributed by atoms with Crippen molar-refractivity contribution in [2.24, 2.45) is 5.41 Å². The number of nitrogens with one attached hydrogen (secondary N) is 1. The lowest BCUT2D eigenvalue weighted by atomic mass is 9.66. The molecule has 2 aromatic rings. The van der Waals surface area contributed by atoms with Crippen LogP contribution in [-0.2, 0) is 9.59 Å². The summed E-state index contributed by atoms with van der Waals surface area (Å²) in [4.78, 5) is 27.6. The summed E-state index contributed by atoms with van der Waals surface area (Å²) in [6.45, 7) is 0. The van der Waals surface area contributed by atoms with Crippen LogP contribution in [0.5, 0.6) is 0 Å². The highest BCUT2D eigenvalue weighted by Gasteiger charge is 2.45. The third-order valence-electron chi connectivity index (χ3n) is 4.15. The van der Waals surface area contributed by atoms with E-state index in [4.69, 9.17) is 0 Å². The molecule has 0 atom stereocenters. The summed E-state index contributed by atoms with van der Waals surface area (Å²) in [5, 5.41) is 13.0. The molecular weight excluding hydrogens is 268 g/mol. The standard InChI is InChI=1S/C16H16N2O3/c19-14(10-16(15(20)21)6-2-7-16)18-12-4-5-13-11(9-12)3-1-8-17-13/h1,3-5,8-9H,2,6-7,10H2,(H,18,19)(H,20,21). The van der Waals surface area contributed by atoms with Gasteiger partial charge in [0.15, 0.2) is 0 Å². The van der Waals surface area contributed by atoms with E-state index in [1.807, 2.05) is 24.3 Å². The molecule has 21 heavy (non-hydrogen) atoms. The van der Waals surface area contributed by atoms with Gasteiger partial charge in [-0.15, -0.1) is 0 Å². The van der Waals surface area contributed by atoms with Gasteiger partial charge in [0.2, 0.25) is 5.91 Å². The Bertz CT molecular complexity index is 707. The van der Waals surface area contributed by atoms with Crippen LogP contribution < -0.4 is 5.32 Å². The van der Waals surface area contributed by atoms with Crippen molar-refractivity contribution in [3.8, 4) is 0 Å². The number of aliphatic carboxylic acids is 1. The number of hydrogen-bond acceptors (Lipinski definition) is 3. The van der Waals surface area contributed by atoms with Gasteiger partial charge in [-0.25, -0.2) is 0 Å². The van der Waals surface area contributed by atoms with Crippen LogP contribution in [0.3, 0.4) is 0 Å². The van der Waals surface area contributed by atoms with Crippen LogP contribution in [-0.4, -0.2) is 22.0 Å². The van der Waals surface area contributed by atoms with Crippen LogP contribution in [0.25, 0.3) is 10.9 Å². The number of amides is 1. The van der Waals surface area contributed by atoms with Crippen LogP contribution >= 0.6 is 0 Å². The molecule has 1 fully saturated rings. The summed E-state index contributed by atoms with van der Waals surface area (Å²) in [5.41, 5.74) is 0.666. The van der Waals surface area contributed by atoms with Crippen LogP contribution in [0.15, 0.2) is 36.5 Å². The van der Waals surface area contributed by atoms with Crippen molar-refractivity contribution in [3.63, 3.8) is 0 Å². The molecule has 2 N–H and O–H groups in total. The minimum Gasteiger partial charge on any atom is -0.481 e. The van der Waals surface area contributed by atoms with Crippen molar-refractivity contribution in [2.45, 2.75) is 25.7 Å². The smallest absolute Gasteiger partial charge is 0.310 e. The average molecular weight is 284 g/mol. The van der Waals surface area contributed by atoms with Crippen LogP contribution in [0.4, 0.5) is 5.69 Å². The first-order valence-electron chi connectivity index (χ1n) is 6.97. The van der Waals surface area contributed by atoms with Crippen molar-refractivity contribution >= 4 is 28.5 Å². The summed E-state index contributed by atoms with van der Waals surface area (Å²) < 4.78 is 0. The Kier molecular flexibility index (Phi) is 3.33. The second-order valence-electron chi connectivity index (χ2n) is 5.57. The monoisotopic (exact) mass is 284 g/mol. The van der Waals surface area contributed by atoms with Gasteiger partial charge in [0.25, 0.3) is 0 Å². The Morgan fingerprint density at radius 2 is 2.10 bits per heavy atom. The highest BCUT2D eigenvalue weighted by molar-refractivity contribution is 5.96. The van der Waals surface area contributed by atoms with Gasteiger partial charge in [-0.05, 0) is 37.1 Å². The molecular formula is C16H16N2O3. The molecule has 108 valence electrons. The Morgan fingerprint density at radius 1 is 1.29 bits per heavy atom. The number of aromatic nitrogens is 1. The number of rotatable bonds is 4. The first-order chi connectivity index (χ1) is 10.1. The van der Waals surface area contributed by atoms with E-state index in [1.165, 1.54) is 0 Å². The van der Waals surface area contributed by atoms with Crippen molar-refractivity contribution < 1.29 is 14.7 Å². The lowest BCUT2D eigenvalue weighted by Gasteiger charge is -2.36. The zero-order chi connectivity index (χ0) is 14.9. The molecule has 0 unspecified atom stereocenters. The van der Waals surface area contributed by atoms with E-state index in [1.54, 1.807) is 12.3 Å². The van der Waals surface area contributed by atoms with Gasteiger partial charge in [0.1, 0.15) is 0 Å². The van der Waals surface area contributed by atoms with Crippen LogP contribution in [0.1, 0.15) is 25.7 Å². The number of hydrogen-bond donors (Lipinski definition) is 2. The molecule has 0 spiro atoms. The van der Waals surface area contributed by atoms with Gasteiger partial charge in [-0.3, -0.25) is 14.6 Å². The summed E-state index contributed by atoms with van der Waals surface area (Å²) in [6, 6.07) is 9.21. The fourth-order valence-corrected chi connectivity index (χ4v) is 2.74. The number of pyridine rings is 1. The zero-order valence-electron chi connectivity index (χ0n) is 11.5. The first-order valence-corrected chi connectivity index (χ1v) is 6.97. The largest absolute Gasteiger partial charge is 0.481 e. The van der Waals surface area contributed by atoms with E-state index < -0.39 is 11.4 Å². The van der Waals surface area contributed by atoms with Gasteiger partial charge in [-0.2, -0.15) is 0 Å². The number of fused-ring (bicyclic) bond motifs is 1. The van der Waals surface area contributed by atoms with Gasteiger partial charge >= 0.3 is 5.97 Å². The van der Waals surface area contributed by atoms with E-state index in [-0.39, 0.29) is 12.3 Å². The molecule has 0 saturated heterocycles. The highest BCUT2D eigenvalue weighted by Crippen LogP contribution is 2.44. The van der Waals surface area contributed by atoms with Gasteiger partial charge in [0, 0.05) is 23.7 Å². The Labute approximate surface area is 122 Å². The Morgan fingerprint density at radius 3 is 2.76 bits per heavy atom. The number of carboxylic acids is 1. The molecule has 3 rings (SSSR count). The molecule has 0 radical (unpaired) electrons. The van der Waals surface area contributed by atoms with Crippen LogP contribution in [0, 0.1) is 5.41 Å². The number of carbonyl (C=O) groups is 2. The predicted molar refractivity (Wildman–Crippen MR) is 78.9 cm³/mol. The molecule has 1 aromatic heterocycles. The Balaban J connectivity index is 1.72. The van der Waals surface area contributed by atoms with Crippen LogP contribution in [0.2, 0.25) is 0 Å². The number of carboxylic acid groups (broad SMARTS) is 1. The molecule has 0 bridgehead atoms. The van der Waals surface area contributed by atoms with Gasteiger partial charge in [0.05, 0.1) is 10.9 Å². The molecule has 1 aliphatic carbocycles. The minimum atomic E-state index is -0.869. The lowest BCUT2D eigenvalue weighted by Crippen LogP contribution is -2.41. The topological polar surface area (TPSA) is 79.3 Å². The van der Waals surface area contributed by atoms with Crippen molar-refractivity contribution in [1.82, 2.24) is 4.98 Å². The quantitative estimate of drug-likeness (QED) is 0.904. The first kappa shape index (κ1) is 13.5. The lowest BCUT2D eigenvalue weighted by molar-refractivity contribution is -0.157. The summed E-state index contributed by atoms with van der Waals surface area (Å²) in [7, 11) is 0. The van der Waals surface area contributed by atoms with Gasteiger partial charge < -0.3 is 10.4 Å². The molecule has 1 aromatic carbocycles. The molecule has 1 aliphatic rings. The van der Waals surface area contributed by atoms with Crippen molar-refractivity contribution in [3.05, 3.63) is 36.5 Å². The number of nitrogens with zero attached hydrogens (tertiary/aromatic N) is 1. The fourth-order valence-electron chi connectivity index (χ4n) is 2.74. The third-order valence-corrected chi connectivity index (χ3v) is 4.15. The second-order valence-corrected chi connectivity index (χ2v) is 5.57. The van der Waals surface area contributed by atoms with Gasteiger partial charge in [-0.1, -0.05) is 12.5 Å². The molecule has 1 saturated carbocycles. The Hall–Kier alpha value is -2.43. The number of benzene rings is 1. The highest BCUT2D eigenvalue weighted by atomic mass is 16.4. The zero-order valence-corrected chi connectivity index (χ0v) is 11.5. The predicted octanol–water partition coefficient (Wildman–Crippen LogP) is 2.82. The van der Waals surface area contributed by atoms with E-state index >= 15 is 0 Å². The van der Waals surface area contributed by atoms with E-state index in [0.29, 0.717) is 18.5 Å².